The summed E-state index contributed by atoms with van der Waals surface area (Å²) >= 11 is 5.81. The van der Waals surface area contributed by atoms with Crippen molar-refractivity contribution >= 4 is 24.0 Å². The Morgan fingerprint density at radius 3 is 2.56 bits per heavy atom. The van der Waals surface area contributed by atoms with Crippen LogP contribution in [0.25, 0.3) is 0 Å². The first-order valence-electron chi connectivity index (χ1n) is 5.73. The van der Waals surface area contributed by atoms with Gasteiger partial charge in [0.15, 0.2) is 0 Å². The molecule has 5 heteroatoms. The SMILES string of the molecule is O=CNC1(Cc2ccc(Cl)cc2)CC(C(=O)O)C1. The summed E-state index contributed by atoms with van der Waals surface area (Å²) in [6.45, 7) is 0. The quantitative estimate of drug-likeness (QED) is 0.801. The van der Waals surface area contributed by atoms with Gasteiger partial charge in [0.25, 0.3) is 0 Å². The molecule has 0 heterocycles. The third kappa shape index (κ3) is 2.64. The van der Waals surface area contributed by atoms with Crippen molar-refractivity contribution in [3.05, 3.63) is 34.9 Å². The van der Waals surface area contributed by atoms with E-state index < -0.39 is 11.5 Å². The van der Waals surface area contributed by atoms with E-state index in [9.17, 15) is 9.59 Å². The van der Waals surface area contributed by atoms with Crippen molar-refractivity contribution in [3.63, 3.8) is 0 Å². The lowest BCUT2D eigenvalue weighted by molar-refractivity contribution is -0.148. The monoisotopic (exact) mass is 267 g/mol. The molecule has 1 aliphatic carbocycles. The van der Waals surface area contributed by atoms with Crippen LogP contribution >= 0.6 is 11.6 Å². The Kier molecular flexibility index (Phi) is 3.57. The van der Waals surface area contributed by atoms with Crippen molar-refractivity contribution in [1.82, 2.24) is 5.32 Å². The largest absolute Gasteiger partial charge is 0.481 e. The predicted octanol–water partition coefficient (Wildman–Crippen LogP) is 1.86. The molecule has 0 aromatic heterocycles. The average Bonchev–Trinajstić information content (AvgIpc) is 2.28. The molecular weight excluding hydrogens is 254 g/mol. The fourth-order valence-electron chi connectivity index (χ4n) is 2.49. The van der Waals surface area contributed by atoms with Gasteiger partial charge in [-0.1, -0.05) is 23.7 Å². The van der Waals surface area contributed by atoms with Gasteiger partial charge >= 0.3 is 5.97 Å². The Hall–Kier alpha value is -1.55. The summed E-state index contributed by atoms with van der Waals surface area (Å²) in [5.41, 5.74) is 0.621. The number of benzene rings is 1. The van der Waals surface area contributed by atoms with Gasteiger partial charge in [-0.15, -0.1) is 0 Å². The van der Waals surface area contributed by atoms with E-state index in [2.05, 4.69) is 5.32 Å². The lowest BCUT2D eigenvalue weighted by atomic mass is 9.65. The predicted molar refractivity (Wildman–Crippen MR) is 67.4 cm³/mol. The zero-order valence-corrected chi connectivity index (χ0v) is 10.5. The Morgan fingerprint density at radius 1 is 1.44 bits per heavy atom. The normalized spacial score (nSPS) is 26.2. The van der Waals surface area contributed by atoms with Crippen LogP contribution in [-0.4, -0.2) is 23.0 Å². The van der Waals surface area contributed by atoms with Gasteiger partial charge in [0.05, 0.1) is 5.92 Å². The second-order valence-electron chi connectivity index (χ2n) is 4.79. The Labute approximate surface area is 110 Å². The van der Waals surface area contributed by atoms with Gasteiger partial charge in [0.2, 0.25) is 6.41 Å². The topological polar surface area (TPSA) is 66.4 Å². The number of amides is 1. The molecule has 18 heavy (non-hydrogen) atoms. The summed E-state index contributed by atoms with van der Waals surface area (Å²) in [6, 6.07) is 7.37. The van der Waals surface area contributed by atoms with Gasteiger partial charge in [-0.05, 0) is 37.0 Å². The minimum atomic E-state index is -0.797. The maximum atomic E-state index is 10.8. The molecule has 0 aliphatic heterocycles. The highest BCUT2D eigenvalue weighted by Crippen LogP contribution is 2.40. The third-order valence-corrected chi connectivity index (χ3v) is 3.70. The molecule has 0 bridgehead atoms. The summed E-state index contributed by atoms with van der Waals surface area (Å²) in [5.74, 6) is -1.15. The second-order valence-corrected chi connectivity index (χ2v) is 5.23. The lowest BCUT2D eigenvalue weighted by Gasteiger charge is -2.45. The standard InChI is InChI=1S/C13H14ClNO3/c14-11-3-1-9(2-4-11)5-13(15-8-16)6-10(7-13)12(17)18/h1-4,8,10H,5-7H2,(H,15,16)(H,17,18). The molecular formula is C13H14ClNO3. The molecule has 1 saturated carbocycles. The van der Waals surface area contributed by atoms with Crippen LogP contribution in [0, 0.1) is 5.92 Å². The van der Waals surface area contributed by atoms with Crippen molar-refractivity contribution < 1.29 is 14.7 Å². The van der Waals surface area contributed by atoms with Crippen LogP contribution in [0.5, 0.6) is 0 Å². The minimum absolute atomic E-state index is 0.357. The summed E-state index contributed by atoms with van der Waals surface area (Å²) < 4.78 is 0. The number of carbonyl (C=O) groups excluding carboxylic acids is 1. The Balaban J connectivity index is 2.06. The highest BCUT2D eigenvalue weighted by molar-refractivity contribution is 6.30. The van der Waals surface area contributed by atoms with Crippen LogP contribution in [0.15, 0.2) is 24.3 Å². The molecule has 1 amide bonds. The Bertz CT molecular complexity index is 452. The van der Waals surface area contributed by atoms with Gasteiger partial charge in [0, 0.05) is 10.6 Å². The molecule has 1 aromatic carbocycles. The lowest BCUT2D eigenvalue weighted by Crippen LogP contribution is -2.58. The first-order valence-corrected chi connectivity index (χ1v) is 6.11. The molecule has 1 aliphatic rings. The van der Waals surface area contributed by atoms with Crippen LogP contribution in [0.3, 0.4) is 0 Å². The summed E-state index contributed by atoms with van der Waals surface area (Å²) in [6.07, 6.45) is 2.23. The van der Waals surface area contributed by atoms with E-state index in [0.717, 1.165) is 5.56 Å². The number of hydrogen-bond donors (Lipinski definition) is 2. The minimum Gasteiger partial charge on any atom is -0.481 e. The number of hydrogen-bond acceptors (Lipinski definition) is 2. The molecule has 2 N–H and O–H groups in total. The van der Waals surface area contributed by atoms with Crippen LogP contribution in [0.1, 0.15) is 18.4 Å². The van der Waals surface area contributed by atoms with Crippen LogP contribution in [-0.2, 0) is 16.0 Å². The number of carboxylic acids is 1. The highest BCUT2D eigenvalue weighted by Gasteiger charge is 2.47. The molecule has 4 nitrogen and oxygen atoms in total. The van der Waals surface area contributed by atoms with Crippen molar-refractivity contribution in [1.29, 1.82) is 0 Å². The van der Waals surface area contributed by atoms with Gasteiger partial charge in [-0.25, -0.2) is 0 Å². The van der Waals surface area contributed by atoms with E-state index >= 15 is 0 Å². The number of aliphatic carboxylic acids is 1. The first-order chi connectivity index (χ1) is 8.54. The molecule has 0 spiro atoms. The average molecular weight is 268 g/mol. The highest BCUT2D eigenvalue weighted by atomic mass is 35.5. The van der Waals surface area contributed by atoms with E-state index in [1.807, 2.05) is 12.1 Å². The van der Waals surface area contributed by atoms with E-state index in [4.69, 9.17) is 16.7 Å². The zero-order valence-electron chi connectivity index (χ0n) is 9.73. The number of rotatable bonds is 5. The molecule has 2 rings (SSSR count). The number of nitrogens with one attached hydrogen (secondary N) is 1. The third-order valence-electron chi connectivity index (χ3n) is 3.44. The van der Waals surface area contributed by atoms with E-state index in [0.29, 0.717) is 30.7 Å². The van der Waals surface area contributed by atoms with E-state index in [-0.39, 0.29) is 5.92 Å². The van der Waals surface area contributed by atoms with Gasteiger partial charge in [-0.3, -0.25) is 9.59 Å². The molecule has 1 aromatic rings. The fraction of sp³-hybridized carbons (Fsp3) is 0.385. The zero-order chi connectivity index (χ0) is 13.2. The van der Waals surface area contributed by atoms with E-state index in [1.165, 1.54) is 0 Å². The summed E-state index contributed by atoms with van der Waals surface area (Å²) in [7, 11) is 0. The van der Waals surface area contributed by atoms with Gasteiger partial charge in [-0.2, -0.15) is 0 Å². The van der Waals surface area contributed by atoms with Crippen molar-refractivity contribution in [2.24, 2.45) is 5.92 Å². The van der Waals surface area contributed by atoms with Crippen LogP contribution < -0.4 is 5.32 Å². The molecule has 96 valence electrons. The number of halogens is 1. The van der Waals surface area contributed by atoms with Crippen molar-refractivity contribution in [2.45, 2.75) is 24.8 Å². The second kappa shape index (κ2) is 4.98. The van der Waals surface area contributed by atoms with Crippen molar-refractivity contribution in [3.8, 4) is 0 Å². The van der Waals surface area contributed by atoms with Crippen molar-refractivity contribution in [2.75, 3.05) is 0 Å². The number of carboxylic acid groups (broad SMARTS) is 1. The van der Waals surface area contributed by atoms with E-state index in [1.54, 1.807) is 12.1 Å². The fourth-order valence-corrected chi connectivity index (χ4v) is 2.62. The maximum absolute atomic E-state index is 10.8. The molecule has 0 unspecified atom stereocenters. The summed E-state index contributed by atoms with van der Waals surface area (Å²) in [5, 5.41) is 12.3. The smallest absolute Gasteiger partial charge is 0.306 e. The van der Waals surface area contributed by atoms with Gasteiger partial charge < -0.3 is 10.4 Å². The summed E-state index contributed by atoms with van der Waals surface area (Å²) in [4.78, 5) is 21.5. The molecule has 1 fully saturated rings. The Morgan fingerprint density at radius 2 is 2.06 bits per heavy atom. The van der Waals surface area contributed by atoms with Crippen LogP contribution in [0.4, 0.5) is 0 Å². The van der Waals surface area contributed by atoms with Gasteiger partial charge in [0.1, 0.15) is 0 Å². The maximum Gasteiger partial charge on any atom is 0.306 e. The van der Waals surface area contributed by atoms with Crippen LogP contribution in [0.2, 0.25) is 5.02 Å². The molecule has 0 radical (unpaired) electrons. The first kappa shape index (κ1) is 12.9. The number of carbonyl (C=O) groups is 2. The molecule has 0 atom stereocenters. The molecule has 0 saturated heterocycles.